The number of aromatic nitrogens is 1. The summed E-state index contributed by atoms with van der Waals surface area (Å²) in [6, 6.07) is 7.03. The number of carbonyl (C=O) groups is 2. The fourth-order valence-corrected chi connectivity index (χ4v) is 3.30. The van der Waals surface area contributed by atoms with Crippen molar-refractivity contribution in [3.63, 3.8) is 0 Å². The molecule has 0 saturated heterocycles. The predicted octanol–water partition coefficient (Wildman–Crippen LogP) is 3.55. The first-order valence-corrected chi connectivity index (χ1v) is 9.70. The summed E-state index contributed by atoms with van der Waals surface area (Å²) in [5.74, 6) is 1.75. The number of nitrogens with one attached hydrogen (secondary N) is 2. The summed E-state index contributed by atoms with van der Waals surface area (Å²) in [4.78, 5) is 24.6. The summed E-state index contributed by atoms with van der Waals surface area (Å²) >= 11 is 1.48. The van der Waals surface area contributed by atoms with Crippen LogP contribution in [0.4, 0.5) is 5.69 Å². The van der Waals surface area contributed by atoms with Gasteiger partial charge in [0.25, 0.3) is 5.91 Å². The highest BCUT2D eigenvalue weighted by molar-refractivity contribution is 7.99. The molecule has 1 aromatic carbocycles. The summed E-state index contributed by atoms with van der Waals surface area (Å²) in [6.07, 6.45) is 0. The normalized spacial score (nSPS) is 10.8. The molecule has 140 valence electrons. The third-order valence-electron chi connectivity index (χ3n) is 3.78. The topological polar surface area (TPSA) is 84.2 Å². The van der Waals surface area contributed by atoms with E-state index in [0.29, 0.717) is 29.5 Å². The van der Waals surface area contributed by atoms with Crippen molar-refractivity contribution in [1.29, 1.82) is 0 Å². The van der Waals surface area contributed by atoms with Gasteiger partial charge in [-0.1, -0.05) is 31.1 Å². The van der Waals surface area contributed by atoms with Crippen molar-refractivity contribution in [3.05, 3.63) is 46.8 Å². The van der Waals surface area contributed by atoms with Gasteiger partial charge in [0.05, 0.1) is 22.7 Å². The summed E-state index contributed by atoms with van der Waals surface area (Å²) in [6.45, 7) is 8.41. The van der Waals surface area contributed by atoms with Gasteiger partial charge in [0.2, 0.25) is 5.91 Å². The molecular formula is C19H25N3O3S. The lowest BCUT2D eigenvalue weighted by Gasteiger charge is -2.12. The Morgan fingerprint density at radius 2 is 1.96 bits per heavy atom. The Balaban J connectivity index is 1.91. The molecule has 0 radical (unpaired) electrons. The van der Waals surface area contributed by atoms with Crippen molar-refractivity contribution in [2.75, 3.05) is 17.6 Å². The highest BCUT2D eigenvalue weighted by Gasteiger charge is 2.14. The maximum atomic E-state index is 12.3. The first-order chi connectivity index (χ1) is 12.4. The van der Waals surface area contributed by atoms with Crippen LogP contribution in [-0.4, -0.2) is 29.3 Å². The zero-order chi connectivity index (χ0) is 19.1. The van der Waals surface area contributed by atoms with Crippen molar-refractivity contribution < 1.29 is 14.1 Å². The Morgan fingerprint density at radius 1 is 1.23 bits per heavy atom. The molecule has 26 heavy (non-hydrogen) atoms. The second-order valence-corrected chi connectivity index (χ2v) is 7.48. The number of aryl methyl sites for hydroxylation is 2. The molecular weight excluding hydrogens is 350 g/mol. The van der Waals surface area contributed by atoms with Crippen LogP contribution in [0.5, 0.6) is 0 Å². The van der Waals surface area contributed by atoms with Crippen LogP contribution in [0.15, 0.2) is 28.8 Å². The minimum atomic E-state index is -0.182. The molecule has 1 heterocycles. The van der Waals surface area contributed by atoms with Gasteiger partial charge >= 0.3 is 0 Å². The molecule has 0 aliphatic heterocycles. The quantitative estimate of drug-likeness (QED) is 0.737. The van der Waals surface area contributed by atoms with Crippen molar-refractivity contribution in [1.82, 2.24) is 10.5 Å². The van der Waals surface area contributed by atoms with Crippen molar-refractivity contribution in [3.8, 4) is 0 Å². The predicted molar refractivity (Wildman–Crippen MR) is 104 cm³/mol. The maximum Gasteiger partial charge on any atom is 0.253 e. The molecule has 2 aromatic rings. The van der Waals surface area contributed by atoms with Crippen LogP contribution in [0, 0.1) is 19.8 Å². The number of carbonyl (C=O) groups excluding carboxylic acids is 2. The second-order valence-electron chi connectivity index (χ2n) is 6.49. The Labute approximate surface area is 158 Å². The van der Waals surface area contributed by atoms with E-state index in [1.165, 1.54) is 11.8 Å². The lowest BCUT2D eigenvalue weighted by Crippen LogP contribution is -2.28. The van der Waals surface area contributed by atoms with Gasteiger partial charge in [0, 0.05) is 17.9 Å². The summed E-state index contributed by atoms with van der Waals surface area (Å²) in [7, 11) is 0. The van der Waals surface area contributed by atoms with Crippen molar-refractivity contribution in [2.45, 2.75) is 33.4 Å². The number of nitrogens with zero attached hydrogens (tertiary/aromatic N) is 1. The number of thioether (sulfide) groups is 1. The van der Waals surface area contributed by atoms with Gasteiger partial charge < -0.3 is 15.2 Å². The Bertz CT molecular complexity index is 752. The lowest BCUT2D eigenvalue weighted by atomic mass is 10.1. The average molecular weight is 375 g/mol. The molecule has 0 saturated carbocycles. The van der Waals surface area contributed by atoms with E-state index in [1.54, 1.807) is 24.3 Å². The molecule has 0 bridgehead atoms. The van der Waals surface area contributed by atoms with Crippen molar-refractivity contribution in [2.24, 2.45) is 5.92 Å². The first-order valence-electron chi connectivity index (χ1n) is 8.55. The van der Waals surface area contributed by atoms with Gasteiger partial charge in [0.1, 0.15) is 5.76 Å². The van der Waals surface area contributed by atoms with E-state index in [1.807, 2.05) is 27.7 Å². The van der Waals surface area contributed by atoms with E-state index in [2.05, 4.69) is 15.8 Å². The number of amides is 2. The van der Waals surface area contributed by atoms with Crippen LogP contribution in [-0.2, 0) is 10.5 Å². The van der Waals surface area contributed by atoms with E-state index in [0.717, 1.165) is 17.0 Å². The number of hydrogen-bond donors (Lipinski definition) is 2. The molecule has 2 N–H and O–H groups in total. The standard InChI is InChI=1S/C19H25N3O3S/c1-12(2)9-20-19(24)15-7-5-6-8-17(15)21-18(23)11-26-10-16-13(3)22-25-14(16)4/h5-8,12H,9-11H2,1-4H3,(H,20,24)(H,21,23). The third kappa shape index (κ3) is 5.62. The van der Waals surface area contributed by atoms with E-state index in [-0.39, 0.29) is 17.6 Å². The Kier molecular flexibility index (Phi) is 7.26. The van der Waals surface area contributed by atoms with E-state index in [9.17, 15) is 9.59 Å². The van der Waals surface area contributed by atoms with E-state index < -0.39 is 0 Å². The van der Waals surface area contributed by atoms with Crippen LogP contribution in [0.2, 0.25) is 0 Å². The molecule has 0 fully saturated rings. The minimum Gasteiger partial charge on any atom is -0.361 e. The molecule has 0 aliphatic rings. The third-order valence-corrected chi connectivity index (χ3v) is 4.74. The summed E-state index contributed by atoms with van der Waals surface area (Å²) < 4.78 is 5.12. The first kappa shape index (κ1) is 20.0. The largest absolute Gasteiger partial charge is 0.361 e. The molecule has 2 amide bonds. The minimum absolute atomic E-state index is 0.147. The number of anilines is 1. The molecule has 0 unspecified atom stereocenters. The lowest BCUT2D eigenvalue weighted by molar-refractivity contribution is -0.113. The summed E-state index contributed by atoms with van der Waals surface area (Å²) in [5.41, 5.74) is 2.87. The molecule has 0 spiro atoms. The van der Waals surface area contributed by atoms with Gasteiger partial charge in [-0.15, -0.1) is 11.8 Å². The van der Waals surface area contributed by atoms with Crippen LogP contribution < -0.4 is 10.6 Å². The fraction of sp³-hybridized carbons (Fsp3) is 0.421. The van der Waals surface area contributed by atoms with E-state index >= 15 is 0 Å². The van der Waals surface area contributed by atoms with Crippen LogP contribution in [0.3, 0.4) is 0 Å². The smallest absolute Gasteiger partial charge is 0.253 e. The van der Waals surface area contributed by atoms with Gasteiger partial charge in [0.15, 0.2) is 0 Å². The molecule has 1 aromatic heterocycles. The average Bonchev–Trinajstić information content (AvgIpc) is 2.92. The zero-order valence-corrected chi connectivity index (χ0v) is 16.4. The number of rotatable bonds is 8. The molecule has 0 aliphatic carbocycles. The second kappa shape index (κ2) is 9.43. The van der Waals surface area contributed by atoms with Crippen LogP contribution >= 0.6 is 11.8 Å². The van der Waals surface area contributed by atoms with Crippen molar-refractivity contribution >= 4 is 29.3 Å². The molecule has 2 rings (SSSR count). The molecule has 6 nitrogen and oxygen atoms in total. The van der Waals surface area contributed by atoms with Gasteiger partial charge in [-0.3, -0.25) is 9.59 Å². The fourth-order valence-electron chi connectivity index (χ4n) is 2.32. The van der Waals surface area contributed by atoms with Gasteiger partial charge in [-0.05, 0) is 31.9 Å². The van der Waals surface area contributed by atoms with Gasteiger partial charge in [-0.25, -0.2) is 0 Å². The summed E-state index contributed by atoms with van der Waals surface area (Å²) in [5, 5.41) is 9.61. The van der Waals surface area contributed by atoms with E-state index in [4.69, 9.17) is 4.52 Å². The highest BCUT2D eigenvalue weighted by atomic mass is 32.2. The van der Waals surface area contributed by atoms with Gasteiger partial charge in [-0.2, -0.15) is 0 Å². The van der Waals surface area contributed by atoms with Crippen LogP contribution in [0.25, 0.3) is 0 Å². The monoisotopic (exact) mass is 375 g/mol. The molecule has 0 atom stereocenters. The SMILES string of the molecule is Cc1noc(C)c1CSCC(=O)Nc1ccccc1C(=O)NCC(C)C. The number of benzene rings is 1. The Morgan fingerprint density at radius 3 is 2.62 bits per heavy atom. The number of hydrogen-bond acceptors (Lipinski definition) is 5. The maximum absolute atomic E-state index is 12.3. The number of para-hydroxylation sites is 1. The molecule has 7 heteroatoms. The zero-order valence-electron chi connectivity index (χ0n) is 15.6. The van der Waals surface area contributed by atoms with Crippen LogP contribution in [0.1, 0.15) is 41.2 Å². The highest BCUT2D eigenvalue weighted by Crippen LogP contribution is 2.20. The Hall–Kier alpha value is -2.28.